The monoisotopic (exact) mass is 375 g/mol. The zero-order chi connectivity index (χ0) is 19.4. The van der Waals surface area contributed by atoms with Gasteiger partial charge in [0, 0.05) is 4.90 Å². The van der Waals surface area contributed by atoms with Gasteiger partial charge in [-0.3, -0.25) is 0 Å². The van der Waals surface area contributed by atoms with Crippen LogP contribution in [0.3, 0.4) is 0 Å². The van der Waals surface area contributed by atoms with E-state index in [1.165, 1.54) is 5.39 Å². The van der Waals surface area contributed by atoms with Gasteiger partial charge in [0.2, 0.25) is 5.54 Å². The topological polar surface area (TPSA) is 89.6 Å². The van der Waals surface area contributed by atoms with Gasteiger partial charge >= 0.3 is 11.9 Å². The Morgan fingerprint density at radius 1 is 1.12 bits per heavy atom. The quantitative estimate of drug-likeness (QED) is 0.331. The Kier molecular flexibility index (Phi) is 6.31. The second kappa shape index (κ2) is 8.10. The molecule has 0 radical (unpaired) electrons. The molecule has 0 aliphatic rings. The molecule has 0 saturated heterocycles. The number of nitrogens with two attached hydrogens (primary N) is 1. The third-order valence-electron chi connectivity index (χ3n) is 3.85. The standard InChI is InChI=1S/C20H25NO4S/c1-19(2,3)25-18(24)20(21,17(22)23)11-6-12-26-16-10-9-14-7-4-5-8-15(14)13-16/h4-5,7-10,13H,6,11-12,21H2,1-3H3,(H,22,23). The smallest absolute Gasteiger partial charge is 0.338 e. The van der Waals surface area contributed by atoms with Crippen molar-refractivity contribution in [1.82, 2.24) is 0 Å². The first-order chi connectivity index (χ1) is 12.1. The summed E-state index contributed by atoms with van der Waals surface area (Å²) in [4.78, 5) is 24.8. The van der Waals surface area contributed by atoms with Gasteiger partial charge in [-0.15, -0.1) is 11.8 Å². The van der Waals surface area contributed by atoms with E-state index in [2.05, 4.69) is 24.3 Å². The molecular weight excluding hydrogens is 350 g/mol. The first kappa shape index (κ1) is 20.3. The largest absolute Gasteiger partial charge is 0.479 e. The van der Waals surface area contributed by atoms with Crippen LogP contribution in [0, 0.1) is 0 Å². The molecule has 3 N–H and O–H groups in total. The van der Waals surface area contributed by atoms with E-state index in [4.69, 9.17) is 10.5 Å². The van der Waals surface area contributed by atoms with Crippen molar-refractivity contribution in [3.63, 3.8) is 0 Å². The van der Waals surface area contributed by atoms with Gasteiger partial charge in [-0.2, -0.15) is 0 Å². The summed E-state index contributed by atoms with van der Waals surface area (Å²) in [6.45, 7) is 5.05. The van der Waals surface area contributed by atoms with E-state index in [1.807, 2.05) is 18.2 Å². The van der Waals surface area contributed by atoms with Gasteiger partial charge in [-0.05, 0) is 62.3 Å². The minimum Gasteiger partial charge on any atom is -0.479 e. The SMILES string of the molecule is CC(C)(C)OC(=O)C(N)(CCCSc1ccc2ccccc2c1)C(=O)O. The fourth-order valence-electron chi connectivity index (χ4n) is 2.46. The predicted octanol–water partition coefficient (Wildman–Crippen LogP) is 3.84. The molecule has 0 fully saturated rings. The van der Waals surface area contributed by atoms with Crippen LogP contribution in [0.15, 0.2) is 47.4 Å². The van der Waals surface area contributed by atoms with E-state index >= 15 is 0 Å². The van der Waals surface area contributed by atoms with Gasteiger partial charge in [0.25, 0.3) is 0 Å². The molecule has 5 nitrogen and oxygen atoms in total. The highest BCUT2D eigenvalue weighted by Gasteiger charge is 2.44. The number of aliphatic carboxylic acids is 1. The molecule has 2 rings (SSSR count). The summed E-state index contributed by atoms with van der Waals surface area (Å²) < 4.78 is 5.18. The molecule has 0 bridgehead atoms. The Bertz CT molecular complexity index is 800. The molecule has 140 valence electrons. The van der Waals surface area contributed by atoms with E-state index in [9.17, 15) is 14.7 Å². The molecule has 0 heterocycles. The lowest BCUT2D eigenvalue weighted by Gasteiger charge is -2.28. The number of fused-ring (bicyclic) bond motifs is 1. The first-order valence-corrected chi connectivity index (χ1v) is 9.48. The first-order valence-electron chi connectivity index (χ1n) is 8.49. The lowest BCUT2D eigenvalue weighted by molar-refractivity contribution is -0.169. The molecule has 0 aliphatic heterocycles. The van der Waals surface area contributed by atoms with Crippen LogP contribution in [0.25, 0.3) is 10.8 Å². The number of ether oxygens (including phenoxy) is 1. The van der Waals surface area contributed by atoms with Crippen LogP contribution < -0.4 is 5.73 Å². The molecule has 0 aliphatic carbocycles. The van der Waals surface area contributed by atoms with Gasteiger partial charge in [0.1, 0.15) is 5.60 Å². The molecule has 1 atom stereocenters. The Hall–Kier alpha value is -2.05. The maximum absolute atomic E-state index is 12.2. The number of hydrogen-bond acceptors (Lipinski definition) is 5. The normalized spacial score (nSPS) is 14.0. The second-order valence-corrected chi connectivity index (χ2v) is 8.41. The highest BCUT2D eigenvalue weighted by atomic mass is 32.2. The summed E-state index contributed by atoms with van der Waals surface area (Å²) in [6.07, 6.45) is 0.511. The number of thioether (sulfide) groups is 1. The van der Waals surface area contributed by atoms with Crippen molar-refractivity contribution >= 4 is 34.5 Å². The number of benzene rings is 2. The predicted molar refractivity (Wildman–Crippen MR) is 104 cm³/mol. The van der Waals surface area contributed by atoms with Gasteiger partial charge in [0.05, 0.1) is 0 Å². The third-order valence-corrected chi connectivity index (χ3v) is 4.93. The molecule has 6 heteroatoms. The minimum absolute atomic E-state index is 0.0256. The molecular formula is C20H25NO4S. The van der Waals surface area contributed by atoms with Gasteiger partial charge in [-0.25, -0.2) is 9.59 Å². The van der Waals surface area contributed by atoms with E-state index in [-0.39, 0.29) is 6.42 Å². The summed E-state index contributed by atoms with van der Waals surface area (Å²) in [5, 5.41) is 11.7. The van der Waals surface area contributed by atoms with Crippen molar-refractivity contribution in [2.24, 2.45) is 5.73 Å². The van der Waals surface area contributed by atoms with Crippen LogP contribution >= 0.6 is 11.8 Å². The summed E-state index contributed by atoms with van der Waals surface area (Å²) >= 11 is 1.61. The molecule has 2 aromatic carbocycles. The second-order valence-electron chi connectivity index (χ2n) is 7.24. The number of carbonyl (C=O) groups is 2. The average Bonchev–Trinajstić information content (AvgIpc) is 2.56. The van der Waals surface area contributed by atoms with Gasteiger partial charge in [0.15, 0.2) is 0 Å². The van der Waals surface area contributed by atoms with Crippen LogP contribution in [0.2, 0.25) is 0 Å². The van der Waals surface area contributed by atoms with Gasteiger partial charge in [-0.1, -0.05) is 30.3 Å². The summed E-state index contributed by atoms with van der Waals surface area (Å²) in [5.41, 5.74) is 3.06. The van der Waals surface area contributed by atoms with Crippen LogP contribution in [-0.4, -0.2) is 33.9 Å². The molecule has 0 aromatic heterocycles. The number of carbonyl (C=O) groups excluding carboxylic acids is 1. The zero-order valence-corrected chi connectivity index (χ0v) is 16.1. The average molecular weight is 375 g/mol. The molecule has 0 spiro atoms. The van der Waals surface area contributed by atoms with E-state index in [1.54, 1.807) is 32.5 Å². The van der Waals surface area contributed by atoms with Crippen LogP contribution in [-0.2, 0) is 14.3 Å². The molecule has 1 unspecified atom stereocenters. The lowest BCUT2D eigenvalue weighted by atomic mass is 9.95. The Morgan fingerprint density at radius 2 is 1.77 bits per heavy atom. The van der Waals surface area contributed by atoms with E-state index in [0.717, 1.165) is 10.3 Å². The number of esters is 1. The number of hydrogen-bond donors (Lipinski definition) is 2. The van der Waals surface area contributed by atoms with Gasteiger partial charge < -0.3 is 15.6 Å². The van der Waals surface area contributed by atoms with E-state index < -0.39 is 23.1 Å². The highest BCUT2D eigenvalue weighted by molar-refractivity contribution is 7.99. The van der Waals surface area contributed by atoms with Crippen molar-refractivity contribution in [3.05, 3.63) is 42.5 Å². The van der Waals surface area contributed by atoms with Crippen LogP contribution in [0.1, 0.15) is 33.6 Å². The van der Waals surface area contributed by atoms with Crippen LogP contribution in [0.4, 0.5) is 0 Å². The number of carboxylic acid groups (broad SMARTS) is 1. The van der Waals surface area contributed by atoms with Crippen molar-refractivity contribution in [3.8, 4) is 0 Å². The summed E-state index contributed by atoms with van der Waals surface area (Å²) in [5.74, 6) is -1.59. The third kappa shape index (κ3) is 5.22. The summed E-state index contributed by atoms with van der Waals surface area (Å²) in [7, 11) is 0. The minimum atomic E-state index is -2.02. The zero-order valence-electron chi connectivity index (χ0n) is 15.3. The van der Waals surface area contributed by atoms with Crippen molar-refractivity contribution in [2.75, 3.05) is 5.75 Å². The maximum atomic E-state index is 12.2. The van der Waals surface area contributed by atoms with E-state index in [0.29, 0.717) is 12.2 Å². The molecule has 26 heavy (non-hydrogen) atoms. The van der Waals surface area contributed by atoms with Crippen molar-refractivity contribution in [1.29, 1.82) is 0 Å². The van der Waals surface area contributed by atoms with Crippen molar-refractivity contribution in [2.45, 2.75) is 49.6 Å². The number of carboxylic acids is 1. The Balaban J connectivity index is 1.94. The maximum Gasteiger partial charge on any atom is 0.338 e. The number of rotatable bonds is 7. The Morgan fingerprint density at radius 3 is 2.38 bits per heavy atom. The fourth-order valence-corrected chi connectivity index (χ4v) is 3.36. The van der Waals surface area contributed by atoms with Crippen LogP contribution in [0.5, 0.6) is 0 Å². The lowest BCUT2D eigenvalue weighted by Crippen LogP contribution is -2.57. The fraction of sp³-hybridized carbons (Fsp3) is 0.400. The highest BCUT2D eigenvalue weighted by Crippen LogP contribution is 2.26. The molecule has 2 aromatic rings. The summed E-state index contributed by atoms with van der Waals surface area (Å²) in [6, 6.07) is 14.3. The molecule has 0 saturated carbocycles. The molecule has 0 amide bonds. The Labute approximate surface area is 157 Å². The van der Waals surface area contributed by atoms with Crippen molar-refractivity contribution < 1.29 is 19.4 Å².